The van der Waals surface area contributed by atoms with Crippen LogP contribution in [0, 0.1) is 0 Å². The first-order valence-corrected chi connectivity index (χ1v) is 6.50. The van der Waals surface area contributed by atoms with Crippen LogP contribution in [0.2, 0.25) is 0 Å². The van der Waals surface area contributed by atoms with Crippen LogP contribution in [0.4, 0.5) is 0 Å². The van der Waals surface area contributed by atoms with Crippen LogP contribution in [0.1, 0.15) is 25.5 Å². The molecule has 0 aliphatic carbocycles. The van der Waals surface area contributed by atoms with Crippen LogP contribution in [0.3, 0.4) is 0 Å². The number of hydrogen-bond acceptors (Lipinski definition) is 5. The zero-order valence-electron chi connectivity index (χ0n) is 10.8. The fourth-order valence-corrected chi connectivity index (χ4v) is 3.07. The van der Waals surface area contributed by atoms with Crippen molar-refractivity contribution < 1.29 is 24.1 Å². The number of hydrogen-bond donors (Lipinski definition) is 1. The second-order valence-electron chi connectivity index (χ2n) is 5.63. The highest BCUT2D eigenvalue weighted by atomic mass is 16.8. The van der Waals surface area contributed by atoms with E-state index in [4.69, 9.17) is 18.9 Å². The van der Waals surface area contributed by atoms with Gasteiger partial charge in [-0.1, -0.05) is 18.2 Å². The number of aliphatic hydroxyl groups excluding tert-OH is 1. The van der Waals surface area contributed by atoms with E-state index in [2.05, 4.69) is 0 Å². The predicted molar refractivity (Wildman–Crippen MR) is 64.5 cm³/mol. The average Bonchev–Trinajstić information content (AvgIpc) is 2.78. The topological polar surface area (TPSA) is 57.2 Å². The maximum atomic E-state index is 10.5. The molecule has 1 aromatic carbocycles. The molecule has 1 aromatic rings. The van der Waals surface area contributed by atoms with E-state index < -0.39 is 24.3 Å². The largest absolute Gasteiger partial charge is 0.462 e. The molecule has 0 spiro atoms. The monoisotopic (exact) mass is 264 g/mol. The van der Waals surface area contributed by atoms with Crippen molar-refractivity contribution in [3.63, 3.8) is 0 Å². The van der Waals surface area contributed by atoms with Gasteiger partial charge in [0.15, 0.2) is 11.9 Å². The number of benzene rings is 1. The Bertz CT molecular complexity index is 514. The van der Waals surface area contributed by atoms with Crippen LogP contribution in [-0.2, 0) is 14.2 Å². The second kappa shape index (κ2) is 3.70. The molecular formula is C14H16O5. The lowest BCUT2D eigenvalue weighted by atomic mass is 9.97. The van der Waals surface area contributed by atoms with Gasteiger partial charge in [-0.15, -0.1) is 0 Å². The normalized spacial score (nSPS) is 42.2. The van der Waals surface area contributed by atoms with Crippen molar-refractivity contribution in [3.8, 4) is 5.75 Å². The van der Waals surface area contributed by atoms with Gasteiger partial charge in [-0.3, -0.25) is 0 Å². The van der Waals surface area contributed by atoms with Gasteiger partial charge in [-0.2, -0.15) is 0 Å². The van der Waals surface area contributed by atoms with Gasteiger partial charge < -0.3 is 24.1 Å². The summed E-state index contributed by atoms with van der Waals surface area (Å²) >= 11 is 0. The molecule has 2 fully saturated rings. The standard InChI is InChI=1S/C14H16O5/c1-14(2)18-11-10-9(15)7-5-3-4-6-8(7)16-13(17-10)12(11)19-14/h3-6,9-13,15H,1-2H3/t9-,10-,11+,12+,13-/m1/s1. The molecule has 5 atom stereocenters. The van der Waals surface area contributed by atoms with Gasteiger partial charge in [0.1, 0.15) is 24.1 Å². The van der Waals surface area contributed by atoms with Crippen molar-refractivity contribution in [1.29, 1.82) is 0 Å². The predicted octanol–water partition coefficient (Wildman–Crippen LogP) is 1.36. The minimum absolute atomic E-state index is 0.302. The quantitative estimate of drug-likeness (QED) is 0.766. The van der Waals surface area contributed by atoms with Crippen molar-refractivity contribution in [2.24, 2.45) is 0 Å². The van der Waals surface area contributed by atoms with E-state index in [9.17, 15) is 5.11 Å². The van der Waals surface area contributed by atoms with Crippen molar-refractivity contribution in [2.45, 2.75) is 50.3 Å². The second-order valence-corrected chi connectivity index (χ2v) is 5.63. The highest BCUT2D eigenvalue weighted by Crippen LogP contribution is 2.46. The Hall–Kier alpha value is -1.14. The number of rotatable bonds is 0. The molecule has 0 saturated carbocycles. The molecule has 3 heterocycles. The summed E-state index contributed by atoms with van der Waals surface area (Å²) in [6, 6.07) is 7.42. The molecule has 0 unspecified atom stereocenters. The molecule has 0 radical (unpaired) electrons. The molecule has 3 aliphatic rings. The first-order valence-electron chi connectivity index (χ1n) is 6.50. The highest BCUT2D eigenvalue weighted by Gasteiger charge is 2.59. The van der Waals surface area contributed by atoms with Crippen LogP contribution in [0.5, 0.6) is 5.75 Å². The molecule has 5 heteroatoms. The first-order chi connectivity index (χ1) is 9.05. The van der Waals surface area contributed by atoms with Crippen molar-refractivity contribution in [3.05, 3.63) is 29.8 Å². The summed E-state index contributed by atoms with van der Waals surface area (Å²) in [4.78, 5) is 0. The zero-order valence-corrected chi connectivity index (χ0v) is 10.8. The van der Waals surface area contributed by atoms with Gasteiger partial charge in [-0.05, 0) is 19.9 Å². The Morgan fingerprint density at radius 1 is 1.05 bits per heavy atom. The molecule has 0 aromatic heterocycles. The Morgan fingerprint density at radius 2 is 1.79 bits per heavy atom. The molecule has 2 bridgehead atoms. The van der Waals surface area contributed by atoms with Gasteiger partial charge in [0.25, 0.3) is 0 Å². The summed E-state index contributed by atoms with van der Waals surface area (Å²) < 4.78 is 23.3. The molecule has 5 nitrogen and oxygen atoms in total. The lowest BCUT2D eigenvalue weighted by Gasteiger charge is -2.24. The van der Waals surface area contributed by atoms with Crippen molar-refractivity contribution in [1.82, 2.24) is 0 Å². The summed E-state index contributed by atoms with van der Waals surface area (Å²) in [5, 5.41) is 10.5. The van der Waals surface area contributed by atoms with E-state index in [0.717, 1.165) is 5.56 Å². The smallest absolute Gasteiger partial charge is 0.229 e. The Balaban J connectivity index is 1.76. The molecule has 102 valence electrons. The third-order valence-electron chi connectivity index (χ3n) is 3.84. The lowest BCUT2D eigenvalue weighted by Crippen LogP contribution is -2.36. The van der Waals surface area contributed by atoms with Gasteiger partial charge in [0, 0.05) is 5.56 Å². The van der Waals surface area contributed by atoms with E-state index in [-0.39, 0.29) is 12.2 Å². The lowest BCUT2D eigenvalue weighted by molar-refractivity contribution is -0.220. The third-order valence-corrected chi connectivity index (χ3v) is 3.84. The Kier molecular flexibility index (Phi) is 2.27. The third kappa shape index (κ3) is 1.63. The van der Waals surface area contributed by atoms with E-state index in [1.807, 2.05) is 38.1 Å². The van der Waals surface area contributed by atoms with Gasteiger partial charge in [0.05, 0.1) is 0 Å². The Morgan fingerprint density at radius 3 is 2.63 bits per heavy atom. The summed E-state index contributed by atoms with van der Waals surface area (Å²) in [7, 11) is 0. The highest BCUT2D eigenvalue weighted by molar-refractivity contribution is 5.37. The molecule has 19 heavy (non-hydrogen) atoms. The molecule has 0 amide bonds. The minimum atomic E-state index is -0.770. The molecule has 1 N–H and O–H groups in total. The van der Waals surface area contributed by atoms with Crippen molar-refractivity contribution >= 4 is 0 Å². The maximum Gasteiger partial charge on any atom is 0.229 e. The van der Waals surface area contributed by atoms with Crippen LogP contribution >= 0.6 is 0 Å². The number of para-hydroxylation sites is 1. The number of aliphatic hydroxyl groups is 1. The summed E-state index contributed by atoms with van der Waals surface area (Å²) in [5.74, 6) is -0.0240. The van der Waals surface area contributed by atoms with Gasteiger partial charge in [-0.25, -0.2) is 0 Å². The fourth-order valence-electron chi connectivity index (χ4n) is 3.07. The summed E-state index contributed by atoms with van der Waals surface area (Å²) in [6.45, 7) is 3.72. The van der Waals surface area contributed by atoms with Gasteiger partial charge in [0.2, 0.25) is 6.29 Å². The van der Waals surface area contributed by atoms with E-state index in [1.165, 1.54) is 0 Å². The van der Waals surface area contributed by atoms with Crippen LogP contribution in [0.15, 0.2) is 24.3 Å². The van der Waals surface area contributed by atoms with Crippen LogP contribution < -0.4 is 4.74 Å². The molecular weight excluding hydrogens is 248 g/mol. The van der Waals surface area contributed by atoms with E-state index in [1.54, 1.807) is 0 Å². The minimum Gasteiger partial charge on any atom is -0.462 e. The van der Waals surface area contributed by atoms with Gasteiger partial charge >= 0.3 is 0 Å². The van der Waals surface area contributed by atoms with Crippen LogP contribution in [-0.4, -0.2) is 35.5 Å². The van der Waals surface area contributed by atoms with Crippen molar-refractivity contribution in [2.75, 3.05) is 0 Å². The zero-order chi connectivity index (χ0) is 13.2. The van der Waals surface area contributed by atoms with E-state index in [0.29, 0.717) is 5.75 Å². The van der Waals surface area contributed by atoms with E-state index >= 15 is 0 Å². The number of ether oxygens (including phenoxy) is 4. The Labute approximate surface area is 111 Å². The van der Waals surface area contributed by atoms with Crippen LogP contribution in [0.25, 0.3) is 0 Å². The average molecular weight is 264 g/mol. The summed E-state index contributed by atoms with van der Waals surface area (Å²) in [6.07, 6.45) is -2.37. The number of fused-ring (bicyclic) bond motifs is 6. The SMILES string of the molecule is CC1(C)O[C@@H]2[C@H](O1)[C@@H]1Oc3ccccc3[C@@H](O)[C@H]2O1. The first kappa shape index (κ1) is 11.7. The molecule has 4 rings (SSSR count). The molecule has 3 aliphatic heterocycles. The summed E-state index contributed by atoms with van der Waals surface area (Å²) in [5.41, 5.74) is 0.738. The molecule has 2 saturated heterocycles. The fraction of sp³-hybridized carbons (Fsp3) is 0.571. The maximum absolute atomic E-state index is 10.5.